The van der Waals surface area contributed by atoms with E-state index in [4.69, 9.17) is 38.1 Å². The van der Waals surface area contributed by atoms with Crippen molar-refractivity contribution in [1.82, 2.24) is 5.32 Å². The number of carbonyl (C=O) groups is 1. The number of amides is 1. The summed E-state index contributed by atoms with van der Waals surface area (Å²) in [4.78, 5) is 12.3. The number of aliphatic hydroxyl groups is 1. The van der Waals surface area contributed by atoms with Crippen LogP contribution in [0.4, 0.5) is 5.69 Å². The fraction of sp³-hybridized carbons (Fsp3) is 0.100. The van der Waals surface area contributed by atoms with Gasteiger partial charge in [0.05, 0.1) is 12.1 Å². The second-order valence-electron chi connectivity index (χ2n) is 5.76. The lowest BCUT2D eigenvalue weighted by Gasteiger charge is -2.11. The second kappa shape index (κ2) is 8.88. The van der Waals surface area contributed by atoms with Gasteiger partial charge >= 0.3 is 0 Å². The molecule has 8 heteroatoms. The molecule has 0 aliphatic carbocycles. The highest BCUT2D eigenvalue weighted by atomic mass is 35.5. The van der Waals surface area contributed by atoms with Crippen LogP contribution in [0.15, 0.2) is 59.0 Å². The molecule has 1 aromatic heterocycles. The Morgan fingerprint density at radius 2 is 1.93 bits per heavy atom. The predicted octanol–water partition coefficient (Wildman–Crippen LogP) is 4.23. The summed E-state index contributed by atoms with van der Waals surface area (Å²) in [5, 5.41) is 15.1. The van der Waals surface area contributed by atoms with Gasteiger partial charge in [-0.2, -0.15) is 0 Å². The number of hydrogen-bond donors (Lipinski definition) is 3. The fourth-order valence-electron chi connectivity index (χ4n) is 2.48. The zero-order valence-electron chi connectivity index (χ0n) is 14.9. The minimum Gasteiger partial charge on any atom is -0.495 e. The van der Waals surface area contributed by atoms with E-state index in [9.17, 15) is 4.79 Å². The molecule has 0 saturated carbocycles. The Morgan fingerprint density at radius 3 is 2.54 bits per heavy atom. The topological polar surface area (TPSA) is 83.7 Å². The Bertz CT molecular complexity index is 1000. The van der Waals surface area contributed by atoms with Crippen LogP contribution in [0.3, 0.4) is 0 Å². The molecule has 0 spiro atoms. The van der Waals surface area contributed by atoms with Crippen LogP contribution in [-0.4, -0.2) is 23.2 Å². The molecule has 144 valence electrons. The number of aliphatic hydroxyl groups excluding tert-OH is 1. The molecule has 3 rings (SSSR count). The van der Waals surface area contributed by atoms with Gasteiger partial charge in [0, 0.05) is 16.8 Å². The van der Waals surface area contributed by atoms with Gasteiger partial charge < -0.3 is 19.6 Å². The molecule has 0 aliphatic rings. The van der Waals surface area contributed by atoms with Crippen molar-refractivity contribution in [1.29, 1.82) is 0 Å². The number of thiocarbonyl (C=S) groups is 1. The number of furan rings is 1. The van der Waals surface area contributed by atoms with Gasteiger partial charge in [0.15, 0.2) is 5.11 Å². The molecule has 3 N–H and O–H groups in total. The van der Waals surface area contributed by atoms with Crippen molar-refractivity contribution in [2.45, 2.75) is 6.61 Å². The summed E-state index contributed by atoms with van der Waals surface area (Å²) in [6.45, 7) is -0.146. The zero-order chi connectivity index (χ0) is 20.1. The van der Waals surface area contributed by atoms with Gasteiger partial charge in [0.1, 0.15) is 23.9 Å². The lowest BCUT2D eigenvalue weighted by molar-refractivity contribution is 0.0977. The molecular weight excluding hydrogens is 400 g/mol. The first kappa shape index (κ1) is 19.9. The van der Waals surface area contributed by atoms with E-state index in [0.29, 0.717) is 33.5 Å². The van der Waals surface area contributed by atoms with E-state index in [2.05, 4.69) is 10.6 Å². The number of methoxy groups -OCH3 is 1. The molecule has 0 aliphatic heterocycles. The van der Waals surface area contributed by atoms with Crippen LogP contribution in [0.2, 0.25) is 5.02 Å². The second-order valence-corrected chi connectivity index (χ2v) is 6.57. The third kappa shape index (κ3) is 4.69. The molecule has 1 amide bonds. The quantitative estimate of drug-likeness (QED) is 0.540. The van der Waals surface area contributed by atoms with E-state index in [1.807, 2.05) is 12.1 Å². The van der Waals surface area contributed by atoms with Crippen molar-refractivity contribution in [2.24, 2.45) is 0 Å². The summed E-state index contributed by atoms with van der Waals surface area (Å²) in [6, 6.07) is 15.5. The summed E-state index contributed by atoms with van der Waals surface area (Å²) in [5.41, 5.74) is 1.92. The standard InChI is InChI=1S/C20H17ClN2O4S/c1-26-18-8-4-13(10-16(18)21)19(25)23-20(28)22-14-5-2-12(3-6-14)17-9-7-15(11-24)27-17/h2-10,24H,11H2,1H3,(H2,22,23,25,28). The van der Waals surface area contributed by atoms with Gasteiger partial charge in [-0.15, -0.1) is 0 Å². The van der Waals surface area contributed by atoms with E-state index in [1.165, 1.54) is 13.2 Å². The summed E-state index contributed by atoms with van der Waals surface area (Å²) < 4.78 is 10.6. The number of rotatable bonds is 5. The van der Waals surface area contributed by atoms with Crippen molar-refractivity contribution in [3.63, 3.8) is 0 Å². The number of nitrogens with one attached hydrogen (secondary N) is 2. The van der Waals surface area contributed by atoms with Crippen LogP contribution >= 0.6 is 23.8 Å². The van der Waals surface area contributed by atoms with Crippen molar-refractivity contribution < 1.29 is 19.1 Å². The number of ether oxygens (including phenoxy) is 1. The van der Waals surface area contributed by atoms with E-state index in [-0.39, 0.29) is 17.6 Å². The third-order valence-corrected chi connectivity index (χ3v) is 4.39. The molecule has 0 bridgehead atoms. The van der Waals surface area contributed by atoms with Crippen LogP contribution in [0.1, 0.15) is 16.1 Å². The van der Waals surface area contributed by atoms with Crippen molar-refractivity contribution in [3.05, 3.63) is 70.9 Å². The maximum atomic E-state index is 12.3. The van der Waals surface area contributed by atoms with E-state index in [0.717, 1.165) is 5.56 Å². The predicted molar refractivity (Wildman–Crippen MR) is 112 cm³/mol. The first-order chi connectivity index (χ1) is 13.5. The number of halogens is 1. The number of hydrogen-bond acceptors (Lipinski definition) is 5. The average molecular weight is 417 g/mol. The summed E-state index contributed by atoms with van der Waals surface area (Å²) in [7, 11) is 1.50. The summed E-state index contributed by atoms with van der Waals surface area (Å²) >= 11 is 11.2. The molecule has 3 aromatic rings. The summed E-state index contributed by atoms with van der Waals surface area (Å²) in [5.74, 6) is 1.26. The normalized spacial score (nSPS) is 10.4. The number of anilines is 1. The number of benzene rings is 2. The maximum absolute atomic E-state index is 12.3. The van der Waals surface area contributed by atoms with E-state index >= 15 is 0 Å². The van der Waals surface area contributed by atoms with Crippen molar-refractivity contribution in [3.8, 4) is 17.1 Å². The molecule has 0 unspecified atom stereocenters. The Hall–Kier alpha value is -2.87. The monoisotopic (exact) mass is 416 g/mol. The lowest BCUT2D eigenvalue weighted by atomic mass is 10.1. The molecule has 0 atom stereocenters. The van der Waals surface area contributed by atoms with Crippen LogP contribution in [-0.2, 0) is 6.61 Å². The van der Waals surface area contributed by atoms with E-state index in [1.54, 1.807) is 36.4 Å². The minimum atomic E-state index is -0.384. The number of carbonyl (C=O) groups excluding carboxylic acids is 1. The molecule has 28 heavy (non-hydrogen) atoms. The highest BCUT2D eigenvalue weighted by molar-refractivity contribution is 7.80. The highest BCUT2D eigenvalue weighted by Gasteiger charge is 2.11. The van der Waals surface area contributed by atoms with Gasteiger partial charge in [0.2, 0.25) is 0 Å². The van der Waals surface area contributed by atoms with Gasteiger partial charge in [-0.3, -0.25) is 10.1 Å². The molecule has 2 aromatic carbocycles. The third-order valence-electron chi connectivity index (χ3n) is 3.89. The van der Waals surface area contributed by atoms with Gasteiger partial charge in [-0.05, 0) is 66.8 Å². The van der Waals surface area contributed by atoms with Crippen molar-refractivity contribution >= 4 is 40.5 Å². The van der Waals surface area contributed by atoms with Crippen molar-refractivity contribution in [2.75, 3.05) is 12.4 Å². The Kier molecular flexibility index (Phi) is 6.30. The van der Waals surface area contributed by atoms with Gasteiger partial charge in [-0.1, -0.05) is 11.6 Å². The first-order valence-electron chi connectivity index (χ1n) is 8.26. The molecule has 0 radical (unpaired) electrons. The molecule has 0 saturated heterocycles. The van der Waals surface area contributed by atoms with E-state index < -0.39 is 0 Å². The van der Waals surface area contributed by atoms with Crippen LogP contribution in [0.25, 0.3) is 11.3 Å². The average Bonchev–Trinajstić information content (AvgIpc) is 3.17. The SMILES string of the molecule is COc1ccc(C(=O)NC(=S)Nc2ccc(-c3ccc(CO)o3)cc2)cc1Cl. The molecular formula is C20H17ClN2O4S. The smallest absolute Gasteiger partial charge is 0.257 e. The molecule has 0 fully saturated rings. The van der Waals surface area contributed by atoms with Crippen LogP contribution in [0, 0.1) is 0 Å². The summed E-state index contributed by atoms with van der Waals surface area (Å²) in [6.07, 6.45) is 0. The van der Waals surface area contributed by atoms with Gasteiger partial charge in [0.25, 0.3) is 5.91 Å². The van der Waals surface area contributed by atoms with Gasteiger partial charge in [-0.25, -0.2) is 0 Å². The minimum absolute atomic E-state index is 0.146. The Morgan fingerprint density at radius 1 is 1.18 bits per heavy atom. The first-order valence-corrected chi connectivity index (χ1v) is 9.04. The lowest BCUT2D eigenvalue weighted by Crippen LogP contribution is -2.34. The Labute approximate surface area is 172 Å². The zero-order valence-corrected chi connectivity index (χ0v) is 16.4. The van der Waals surface area contributed by atoms with Crippen LogP contribution < -0.4 is 15.4 Å². The Balaban J connectivity index is 1.61. The molecule has 6 nitrogen and oxygen atoms in total. The largest absolute Gasteiger partial charge is 0.495 e. The fourth-order valence-corrected chi connectivity index (χ4v) is 2.95. The maximum Gasteiger partial charge on any atom is 0.257 e. The van der Waals surface area contributed by atoms with Crippen LogP contribution in [0.5, 0.6) is 5.75 Å². The highest BCUT2D eigenvalue weighted by Crippen LogP contribution is 2.25. The molecule has 1 heterocycles.